The van der Waals surface area contributed by atoms with Gasteiger partial charge in [-0.1, -0.05) is 30.8 Å². The fourth-order valence-electron chi connectivity index (χ4n) is 3.09. The highest BCUT2D eigenvalue weighted by molar-refractivity contribution is 5.78. The van der Waals surface area contributed by atoms with Crippen LogP contribution in [0.1, 0.15) is 30.8 Å². The van der Waals surface area contributed by atoms with E-state index in [1.54, 1.807) is 19.2 Å². The lowest BCUT2D eigenvalue weighted by molar-refractivity contribution is -0.118. The Kier molecular flexibility index (Phi) is 8.04. The second-order valence-corrected chi connectivity index (χ2v) is 7.53. The SMILES string of the molecule is C=C(/C=C\C(=C(/C)F)c1ccc(CNCc2nnn(C)n2)cc1)N1C/C(=C\NC(C)=O)OC1=O. The molecule has 2 aromatic rings. The van der Waals surface area contributed by atoms with Crippen LogP contribution >= 0.6 is 0 Å². The summed E-state index contributed by atoms with van der Waals surface area (Å²) in [5.41, 5.74) is 2.38. The number of nitrogens with one attached hydrogen (secondary N) is 2. The molecule has 1 aromatic heterocycles. The summed E-state index contributed by atoms with van der Waals surface area (Å²) in [7, 11) is 1.70. The smallest absolute Gasteiger partial charge is 0.411 e. The van der Waals surface area contributed by atoms with Crippen LogP contribution < -0.4 is 10.6 Å². The predicted octanol–water partition coefficient (Wildman–Crippen LogP) is 2.70. The van der Waals surface area contributed by atoms with Gasteiger partial charge < -0.3 is 15.4 Å². The van der Waals surface area contributed by atoms with Crippen LogP contribution in [-0.2, 0) is 29.7 Å². The van der Waals surface area contributed by atoms with Crippen molar-refractivity contribution in [2.45, 2.75) is 26.9 Å². The van der Waals surface area contributed by atoms with Crippen molar-refractivity contribution in [2.75, 3.05) is 6.54 Å². The van der Waals surface area contributed by atoms with Crippen molar-refractivity contribution in [2.24, 2.45) is 7.05 Å². The molecule has 11 heteroatoms. The highest BCUT2D eigenvalue weighted by Gasteiger charge is 2.28. The Labute approximate surface area is 196 Å². The fourth-order valence-corrected chi connectivity index (χ4v) is 3.09. The predicted molar refractivity (Wildman–Crippen MR) is 123 cm³/mol. The van der Waals surface area contributed by atoms with Gasteiger partial charge in [0.05, 0.1) is 20.1 Å². The molecule has 3 rings (SSSR count). The summed E-state index contributed by atoms with van der Waals surface area (Å²) < 4.78 is 19.4. The van der Waals surface area contributed by atoms with Crippen LogP contribution in [0, 0.1) is 0 Å². The van der Waals surface area contributed by atoms with Gasteiger partial charge in [0.15, 0.2) is 5.82 Å². The summed E-state index contributed by atoms with van der Waals surface area (Å²) in [5, 5.41) is 17.5. The van der Waals surface area contributed by atoms with E-state index in [0.717, 1.165) is 5.56 Å². The lowest BCUT2D eigenvalue weighted by Crippen LogP contribution is -2.21. The number of benzene rings is 1. The molecule has 0 radical (unpaired) electrons. The normalized spacial score (nSPS) is 15.6. The minimum Gasteiger partial charge on any atom is -0.411 e. The third kappa shape index (κ3) is 6.69. The molecule has 0 unspecified atom stereocenters. The second kappa shape index (κ2) is 11.1. The third-order valence-electron chi connectivity index (χ3n) is 4.78. The summed E-state index contributed by atoms with van der Waals surface area (Å²) in [6.07, 6.45) is 3.81. The maximum absolute atomic E-state index is 14.3. The summed E-state index contributed by atoms with van der Waals surface area (Å²) in [6.45, 7) is 7.77. The van der Waals surface area contributed by atoms with Crippen molar-refractivity contribution in [1.82, 2.24) is 35.7 Å². The third-order valence-corrected chi connectivity index (χ3v) is 4.78. The molecule has 1 fully saturated rings. The zero-order valence-electron chi connectivity index (χ0n) is 19.2. The number of amides is 2. The molecule has 1 saturated heterocycles. The molecule has 1 aliphatic heterocycles. The molecule has 10 nitrogen and oxygen atoms in total. The number of carbonyl (C=O) groups excluding carboxylic acids is 2. The van der Waals surface area contributed by atoms with E-state index >= 15 is 0 Å². The molecule has 0 aliphatic carbocycles. The van der Waals surface area contributed by atoms with Gasteiger partial charge in [0.25, 0.3) is 0 Å². The van der Waals surface area contributed by atoms with Gasteiger partial charge in [-0.2, -0.15) is 4.80 Å². The molecule has 2 N–H and O–H groups in total. The van der Waals surface area contributed by atoms with Gasteiger partial charge in [-0.3, -0.25) is 9.69 Å². The standard InChI is InChI=1S/C23H26FN7O3/c1-15(31-14-20(34-23(31)33)12-26-17(3)32)5-10-21(16(2)24)19-8-6-18(7-9-19)11-25-13-22-27-29-30(4)28-22/h5-10,12,25H,1,11,13-14H2,2-4H3,(H,26,32)/b10-5-,20-12+,21-16-. The molecule has 2 amide bonds. The van der Waals surface area contributed by atoms with Crippen molar-refractivity contribution < 1.29 is 18.7 Å². The van der Waals surface area contributed by atoms with Gasteiger partial charge in [-0.05, 0) is 35.4 Å². The van der Waals surface area contributed by atoms with Gasteiger partial charge in [-0.25, -0.2) is 9.18 Å². The van der Waals surface area contributed by atoms with Gasteiger partial charge in [-0.15, -0.1) is 10.2 Å². The van der Waals surface area contributed by atoms with Gasteiger partial charge in [0.2, 0.25) is 5.91 Å². The van der Waals surface area contributed by atoms with Crippen molar-refractivity contribution in [3.63, 3.8) is 0 Å². The van der Waals surface area contributed by atoms with E-state index in [2.05, 4.69) is 32.6 Å². The van der Waals surface area contributed by atoms with Crippen molar-refractivity contribution in [3.05, 3.63) is 83.4 Å². The van der Waals surface area contributed by atoms with E-state index in [1.165, 1.54) is 29.7 Å². The molecular formula is C23H26FN7O3. The van der Waals surface area contributed by atoms with Crippen LogP contribution in [0.5, 0.6) is 0 Å². The number of carbonyl (C=O) groups is 2. The highest BCUT2D eigenvalue weighted by atomic mass is 19.1. The fraction of sp³-hybridized carbons (Fsp3) is 0.261. The highest BCUT2D eigenvalue weighted by Crippen LogP contribution is 2.24. The Bertz CT molecular complexity index is 1160. The molecule has 0 spiro atoms. The van der Waals surface area contributed by atoms with Gasteiger partial charge >= 0.3 is 6.09 Å². The number of aromatic nitrogens is 4. The number of allylic oxidation sites excluding steroid dienone is 4. The van der Waals surface area contributed by atoms with E-state index < -0.39 is 6.09 Å². The number of ether oxygens (including phenoxy) is 1. The maximum atomic E-state index is 14.3. The van der Waals surface area contributed by atoms with E-state index in [0.29, 0.717) is 35.7 Å². The number of rotatable bonds is 9. The topological polar surface area (TPSA) is 114 Å². The number of tetrazole rings is 1. The maximum Gasteiger partial charge on any atom is 0.419 e. The molecule has 1 aromatic carbocycles. The Balaban J connectivity index is 1.60. The summed E-state index contributed by atoms with van der Waals surface area (Å²) in [4.78, 5) is 25.8. The van der Waals surface area contributed by atoms with Crippen LogP contribution in [-0.4, -0.2) is 43.7 Å². The van der Waals surface area contributed by atoms with E-state index in [9.17, 15) is 14.0 Å². The Morgan fingerprint density at radius 2 is 1.97 bits per heavy atom. The summed E-state index contributed by atoms with van der Waals surface area (Å²) in [5.74, 6) is 0.228. The second-order valence-electron chi connectivity index (χ2n) is 7.53. The quantitative estimate of drug-likeness (QED) is 0.545. The van der Waals surface area contributed by atoms with Crippen LogP contribution in [0.3, 0.4) is 0 Å². The lowest BCUT2D eigenvalue weighted by atomic mass is 10.0. The number of halogens is 1. The average Bonchev–Trinajstić information content (AvgIpc) is 3.38. The number of nitrogens with zero attached hydrogens (tertiary/aromatic N) is 5. The first-order chi connectivity index (χ1) is 16.2. The first-order valence-corrected chi connectivity index (χ1v) is 10.4. The monoisotopic (exact) mass is 467 g/mol. The average molecular weight is 468 g/mol. The molecule has 0 bridgehead atoms. The number of hydrogen-bond donors (Lipinski definition) is 2. The minimum absolute atomic E-state index is 0.113. The minimum atomic E-state index is -0.623. The van der Waals surface area contributed by atoms with Crippen LogP contribution in [0.2, 0.25) is 0 Å². The summed E-state index contributed by atoms with van der Waals surface area (Å²) >= 11 is 0. The molecular weight excluding hydrogens is 441 g/mol. The van der Waals surface area contributed by atoms with Crippen molar-refractivity contribution in [3.8, 4) is 0 Å². The van der Waals surface area contributed by atoms with E-state index in [-0.39, 0.29) is 24.0 Å². The van der Waals surface area contributed by atoms with Gasteiger partial charge in [0.1, 0.15) is 11.6 Å². The summed E-state index contributed by atoms with van der Waals surface area (Å²) in [6, 6.07) is 7.44. The molecule has 34 heavy (non-hydrogen) atoms. The van der Waals surface area contributed by atoms with Crippen molar-refractivity contribution in [1.29, 1.82) is 0 Å². The first kappa shape index (κ1) is 24.5. The van der Waals surface area contributed by atoms with E-state index in [4.69, 9.17) is 4.74 Å². The van der Waals surface area contributed by atoms with Crippen LogP contribution in [0.25, 0.3) is 5.57 Å². The Morgan fingerprint density at radius 1 is 1.24 bits per heavy atom. The van der Waals surface area contributed by atoms with Crippen LogP contribution in [0.4, 0.5) is 9.18 Å². The zero-order chi connectivity index (χ0) is 24.7. The van der Waals surface area contributed by atoms with Crippen LogP contribution in [0.15, 0.2) is 66.5 Å². The lowest BCUT2D eigenvalue weighted by Gasteiger charge is -2.12. The number of aryl methyl sites for hydroxylation is 1. The number of cyclic esters (lactones) is 1. The zero-order valence-corrected chi connectivity index (χ0v) is 19.2. The van der Waals surface area contributed by atoms with E-state index in [1.807, 2.05) is 24.3 Å². The van der Waals surface area contributed by atoms with Crippen molar-refractivity contribution >= 4 is 17.6 Å². The van der Waals surface area contributed by atoms with Gasteiger partial charge in [0, 0.05) is 30.9 Å². The first-order valence-electron chi connectivity index (χ1n) is 10.4. The molecule has 0 atom stereocenters. The molecule has 2 heterocycles. The Morgan fingerprint density at radius 3 is 2.59 bits per heavy atom. The Hall–Kier alpha value is -4.12. The molecule has 1 aliphatic rings. The number of hydrogen-bond acceptors (Lipinski definition) is 7. The largest absolute Gasteiger partial charge is 0.419 e. The molecule has 178 valence electrons. The molecule has 0 saturated carbocycles.